The first-order valence-corrected chi connectivity index (χ1v) is 10.7. The van der Waals surface area contributed by atoms with Crippen LogP contribution in [0.5, 0.6) is 0 Å². The molecule has 3 heterocycles. The minimum atomic E-state index is -0.491. The van der Waals surface area contributed by atoms with Crippen molar-refractivity contribution in [2.24, 2.45) is 0 Å². The molecule has 2 aliphatic rings. The molecule has 5 rings (SSSR count). The molecule has 154 valence electrons. The van der Waals surface area contributed by atoms with Gasteiger partial charge in [-0.15, -0.1) is 0 Å². The Morgan fingerprint density at radius 1 is 1.17 bits per heavy atom. The fourth-order valence-electron chi connectivity index (χ4n) is 5.27. The third-order valence-corrected chi connectivity index (χ3v) is 6.79. The van der Waals surface area contributed by atoms with Crippen molar-refractivity contribution in [2.45, 2.75) is 44.1 Å². The Hall–Kier alpha value is -2.99. The molecular weight excluding hydrogens is 378 g/mol. The largest absolute Gasteiger partial charge is 0.361 e. The molecule has 6 nitrogen and oxygen atoms in total. The maximum Gasteiger partial charge on any atom is 0.280 e. The number of H-pyrrole nitrogens is 1. The molecule has 0 spiro atoms. The Balaban J connectivity index is 1.41. The number of rotatable bonds is 5. The van der Waals surface area contributed by atoms with E-state index >= 15 is 0 Å². The number of aromatic nitrogens is 1. The second-order valence-corrected chi connectivity index (χ2v) is 8.56. The first-order valence-electron chi connectivity index (χ1n) is 10.7. The third kappa shape index (κ3) is 3.41. The number of Topliss-reactive ketones (excluding diaryl/α,β-unsaturated/α-hetero) is 1. The highest BCUT2D eigenvalue weighted by Gasteiger charge is 2.33. The van der Waals surface area contributed by atoms with E-state index < -0.39 is 4.92 Å². The summed E-state index contributed by atoms with van der Waals surface area (Å²) in [5.74, 6) is 0.283. The highest BCUT2D eigenvalue weighted by molar-refractivity contribution is 6.01. The number of benzene rings is 2. The lowest BCUT2D eigenvalue weighted by Crippen LogP contribution is -2.37. The third-order valence-electron chi connectivity index (χ3n) is 6.79. The van der Waals surface area contributed by atoms with Crippen molar-refractivity contribution >= 4 is 22.4 Å². The topological polar surface area (TPSA) is 79.2 Å². The number of carbonyl (C=O) groups excluding carboxylic acids is 1. The summed E-state index contributed by atoms with van der Waals surface area (Å²) in [6.45, 7) is 2.32. The van der Waals surface area contributed by atoms with Gasteiger partial charge < -0.3 is 4.98 Å². The minimum absolute atomic E-state index is 0.131. The van der Waals surface area contributed by atoms with Gasteiger partial charge in [0.15, 0.2) is 5.78 Å². The number of para-hydroxylation sites is 1. The van der Waals surface area contributed by atoms with Gasteiger partial charge in [0.1, 0.15) is 0 Å². The zero-order valence-electron chi connectivity index (χ0n) is 16.8. The molecule has 30 heavy (non-hydrogen) atoms. The first-order chi connectivity index (χ1) is 14.6. The van der Waals surface area contributed by atoms with Gasteiger partial charge in [-0.05, 0) is 67.5 Å². The summed E-state index contributed by atoms with van der Waals surface area (Å²) >= 11 is 0. The highest BCUT2D eigenvalue weighted by Crippen LogP contribution is 2.37. The van der Waals surface area contributed by atoms with Crippen LogP contribution in [0.1, 0.15) is 53.1 Å². The summed E-state index contributed by atoms with van der Waals surface area (Å²) in [6, 6.07) is 13.0. The Bertz CT molecular complexity index is 1120. The van der Waals surface area contributed by atoms with Crippen LogP contribution in [-0.2, 0) is 6.42 Å². The quantitative estimate of drug-likeness (QED) is 0.375. The van der Waals surface area contributed by atoms with E-state index in [1.165, 1.54) is 55.3 Å². The molecule has 0 amide bonds. The lowest BCUT2D eigenvalue weighted by atomic mass is 9.87. The fourth-order valence-corrected chi connectivity index (χ4v) is 5.27. The molecule has 2 fully saturated rings. The molecule has 1 N–H and O–H groups in total. The van der Waals surface area contributed by atoms with Gasteiger partial charge in [-0.2, -0.15) is 0 Å². The normalized spacial score (nSPS) is 21.6. The molecule has 0 bridgehead atoms. The fraction of sp³-hybridized carbons (Fsp3) is 0.375. The number of carbonyl (C=O) groups is 1. The van der Waals surface area contributed by atoms with Crippen LogP contribution in [0.15, 0.2) is 48.7 Å². The molecular formula is C24H25N3O3. The monoisotopic (exact) mass is 403 g/mol. The number of fused-ring (bicyclic) bond motifs is 2. The number of hydrogen-bond acceptors (Lipinski definition) is 4. The molecule has 3 aromatic rings. The molecule has 2 aromatic carbocycles. The molecule has 2 aliphatic heterocycles. The van der Waals surface area contributed by atoms with Crippen LogP contribution < -0.4 is 0 Å². The smallest absolute Gasteiger partial charge is 0.280 e. The first kappa shape index (κ1) is 19.0. The van der Waals surface area contributed by atoms with Gasteiger partial charge in [0.2, 0.25) is 0 Å². The molecule has 2 unspecified atom stereocenters. The number of hydrogen-bond donors (Lipinski definition) is 1. The summed E-state index contributed by atoms with van der Waals surface area (Å²) in [4.78, 5) is 29.6. The zero-order valence-corrected chi connectivity index (χ0v) is 16.8. The van der Waals surface area contributed by atoms with Crippen LogP contribution in [0.2, 0.25) is 0 Å². The number of ketones is 1. The van der Waals surface area contributed by atoms with Gasteiger partial charge in [0.05, 0.1) is 10.5 Å². The van der Waals surface area contributed by atoms with Crippen LogP contribution in [0.25, 0.3) is 10.9 Å². The lowest BCUT2D eigenvalue weighted by Gasteiger charge is -2.35. The van der Waals surface area contributed by atoms with Crippen molar-refractivity contribution in [2.75, 3.05) is 13.1 Å². The summed E-state index contributed by atoms with van der Waals surface area (Å²) < 4.78 is 0. The van der Waals surface area contributed by atoms with Crippen molar-refractivity contribution < 1.29 is 9.72 Å². The van der Waals surface area contributed by atoms with E-state index in [-0.39, 0.29) is 23.5 Å². The number of nitro benzene ring substituents is 1. The predicted molar refractivity (Wildman–Crippen MR) is 116 cm³/mol. The van der Waals surface area contributed by atoms with Gasteiger partial charge >= 0.3 is 0 Å². The van der Waals surface area contributed by atoms with E-state index in [0.717, 1.165) is 23.7 Å². The van der Waals surface area contributed by atoms with E-state index in [9.17, 15) is 14.9 Å². The number of nitrogens with one attached hydrogen (secondary N) is 1. The SMILES string of the molecule is O=C(Cc1ccc2[nH]cc(C3CCC4CCCN4C3)c2c1)c1ccccc1[N+](=O)[O-]. The van der Waals surface area contributed by atoms with Crippen molar-refractivity contribution in [1.29, 1.82) is 0 Å². The average molecular weight is 403 g/mol. The number of nitro groups is 1. The van der Waals surface area contributed by atoms with E-state index in [1.54, 1.807) is 12.1 Å². The van der Waals surface area contributed by atoms with Crippen LogP contribution in [0.4, 0.5) is 5.69 Å². The molecule has 6 heteroatoms. The van der Waals surface area contributed by atoms with Crippen LogP contribution >= 0.6 is 0 Å². The summed E-state index contributed by atoms with van der Waals surface area (Å²) in [5.41, 5.74) is 3.34. The highest BCUT2D eigenvalue weighted by atomic mass is 16.6. The molecule has 1 aromatic heterocycles. The maximum atomic E-state index is 12.8. The summed E-state index contributed by atoms with van der Waals surface area (Å²) in [5, 5.41) is 12.4. The van der Waals surface area contributed by atoms with Crippen molar-refractivity contribution in [3.63, 3.8) is 0 Å². The van der Waals surface area contributed by atoms with Gasteiger partial charge in [-0.25, -0.2) is 0 Å². The van der Waals surface area contributed by atoms with Crippen LogP contribution in [0, 0.1) is 10.1 Å². The van der Waals surface area contributed by atoms with Crippen molar-refractivity contribution in [3.05, 3.63) is 75.5 Å². The Labute approximate surface area is 175 Å². The van der Waals surface area contributed by atoms with E-state index in [0.29, 0.717) is 5.92 Å². The number of nitrogens with zero attached hydrogens (tertiary/aromatic N) is 2. The van der Waals surface area contributed by atoms with E-state index in [1.807, 2.05) is 12.1 Å². The van der Waals surface area contributed by atoms with Gasteiger partial charge in [0, 0.05) is 42.2 Å². The Morgan fingerprint density at radius 2 is 2.03 bits per heavy atom. The maximum absolute atomic E-state index is 12.8. The van der Waals surface area contributed by atoms with E-state index in [4.69, 9.17) is 0 Å². The van der Waals surface area contributed by atoms with Crippen molar-refractivity contribution in [1.82, 2.24) is 9.88 Å². The minimum Gasteiger partial charge on any atom is -0.361 e. The van der Waals surface area contributed by atoms with Gasteiger partial charge in [-0.1, -0.05) is 18.2 Å². The van der Waals surface area contributed by atoms with E-state index in [2.05, 4.69) is 22.1 Å². The molecule has 0 radical (unpaired) electrons. The van der Waals surface area contributed by atoms with Crippen LogP contribution in [-0.4, -0.2) is 39.7 Å². The summed E-state index contributed by atoms with van der Waals surface area (Å²) in [7, 11) is 0. The van der Waals surface area contributed by atoms with Crippen LogP contribution in [0.3, 0.4) is 0 Å². The molecule has 0 saturated carbocycles. The van der Waals surface area contributed by atoms with Gasteiger partial charge in [-0.3, -0.25) is 19.8 Å². The van der Waals surface area contributed by atoms with Crippen molar-refractivity contribution in [3.8, 4) is 0 Å². The Kier molecular flexibility index (Phi) is 4.87. The second-order valence-electron chi connectivity index (χ2n) is 8.56. The molecule has 2 saturated heterocycles. The second kappa shape index (κ2) is 7.69. The average Bonchev–Trinajstić information content (AvgIpc) is 3.39. The molecule has 2 atom stereocenters. The number of piperidine rings is 1. The predicted octanol–water partition coefficient (Wildman–Crippen LogP) is 4.84. The Morgan fingerprint density at radius 3 is 2.90 bits per heavy atom. The molecule has 0 aliphatic carbocycles. The van der Waals surface area contributed by atoms with Gasteiger partial charge in [0.25, 0.3) is 5.69 Å². The summed E-state index contributed by atoms with van der Waals surface area (Å²) in [6.07, 6.45) is 7.38. The number of aromatic amines is 1. The zero-order chi connectivity index (χ0) is 20.7. The lowest BCUT2D eigenvalue weighted by molar-refractivity contribution is -0.385. The standard InChI is InChI=1S/C24H25N3O3/c28-24(19-5-1-2-6-23(19)27(29)30)13-16-7-10-22-20(12-16)21(14-25-22)17-8-9-18-4-3-11-26(18)15-17/h1-2,5-7,10,12,14,17-18,25H,3-4,8-9,11,13,15H2.